The summed E-state index contributed by atoms with van der Waals surface area (Å²) in [6, 6.07) is 11.6. The minimum atomic E-state index is -0.485. The first-order chi connectivity index (χ1) is 15.3. The molecular weight excluding hydrogens is 430 g/mol. The fourth-order valence-electron chi connectivity index (χ4n) is 3.04. The van der Waals surface area contributed by atoms with Crippen molar-refractivity contribution in [1.29, 1.82) is 0 Å². The van der Waals surface area contributed by atoms with Crippen LogP contribution in [0.4, 0.5) is 11.4 Å². The average Bonchev–Trinajstić information content (AvgIpc) is 3.18. The highest BCUT2D eigenvalue weighted by Crippen LogP contribution is 2.26. The Bertz CT molecular complexity index is 1110. The van der Waals surface area contributed by atoms with E-state index in [0.29, 0.717) is 23.2 Å². The van der Waals surface area contributed by atoms with E-state index in [1.54, 1.807) is 0 Å². The van der Waals surface area contributed by atoms with Crippen LogP contribution in [0, 0.1) is 24.0 Å². The lowest BCUT2D eigenvalue weighted by Crippen LogP contribution is -2.15. The van der Waals surface area contributed by atoms with Crippen LogP contribution in [0.15, 0.2) is 47.6 Å². The van der Waals surface area contributed by atoms with E-state index in [1.165, 1.54) is 41.6 Å². The third-order valence-corrected chi connectivity index (χ3v) is 5.88. The summed E-state index contributed by atoms with van der Waals surface area (Å²) in [5.41, 5.74) is 2.82. The number of carbonyl (C=O) groups is 1. The summed E-state index contributed by atoms with van der Waals surface area (Å²) < 4.78 is 7.99. The van der Waals surface area contributed by atoms with Crippen LogP contribution in [0.25, 0.3) is 0 Å². The quantitative estimate of drug-likeness (QED) is 0.283. The highest BCUT2D eigenvalue weighted by Gasteiger charge is 2.19. The standard InChI is InChI=1S/C22H25N5O4S/c1-5-26-21(16(4)31-19-11-6-14(2)15(3)12-19)24-25-22(26)32-13-20(28)23-17-7-9-18(10-8-17)27(29)30/h6-12,16H,5,13H2,1-4H3,(H,23,28). The molecule has 1 aromatic heterocycles. The van der Waals surface area contributed by atoms with E-state index in [4.69, 9.17) is 4.74 Å². The number of hydrogen-bond donors (Lipinski definition) is 1. The highest BCUT2D eigenvalue weighted by atomic mass is 32.2. The van der Waals surface area contributed by atoms with Crippen molar-refractivity contribution in [3.05, 3.63) is 69.5 Å². The van der Waals surface area contributed by atoms with Crippen LogP contribution in [-0.2, 0) is 11.3 Å². The van der Waals surface area contributed by atoms with Crippen molar-refractivity contribution >= 4 is 29.0 Å². The van der Waals surface area contributed by atoms with Crippen LogP contribution in [-0.4, -0.2) is 31.3 Å². The lowest BCUT2D eigenvalue weighted by atomic mass is 10.1. The van der Waals surface area contributed by atoms with Crippen LogP contribution < -0.4 is 10.1 Å². The van der Waals surface area contributed by atoms with Crippen molar-refractivity contribution in [2.24, 2.45) is 0 Å². The molecule has 0 saturated carbocycles. The number of aryl methyl sites for hydroxylation is 2. The number of nitrogens with zero attached hydrogens (tertiary/aromatic N) is 4. The molecule has 168 valence electrons. The minimum absolute atomic E-state index is 0.0295. The van der Waals surface area contributed by atoms with Gasteiger partial charge >= 0.3 is 0 Å². The predicted octanol–water partition coefficient (Wildman–Crippen LogP) is 4.69. The zero-order chi connectivity index (χ0) is 23.3. The zero-order valence-electron chi connectivity index (χ0n) is 18.4. The second-order valence-corrected chi connectivity index (χ2v) is 8.17. The third-order valence-electron chi connectivity index (χ3n) is 4.91. The Hall–Kier alpha value is -3.40. The Labute approximate surface area is 190 Å². The van der Waals surface area contributed by atoms with Crippen molar-refractivity contribution in [3.8, 4) is 5.75 Å². The first-order valence-electron chi connectivity index (χ1n) is 10.1. The van der Waals surface area contributed by atoms with Crippen LogP contribution in [0.3, 0.4) is 0 Å². The first kappa shape index (κ1) is 23.3. The third kappa shape index (κ3) is 5.64. The minimum Gasteiger partial charge on any atom is -0.483 e. The maximum atomic E-state index is 12.3. The Morgan fingerprint density at radius 1 is 1.19 bits per heavy atom. The van der Waals surface area contributed by atoms with Crippen LogP contribution >= 0.6 is 11.8 Å². The molecule has 10 heteroatoms. The predicted molar refractivity (Wildman–Crippen MR) is 123 cm³/mol. The van der Waals surface area contributed by atoms with Gasteiger partial charge in [0.05, 0.1) is 10.7 Å². The summed E-state index contributed by atoms with van der Waals surface area (Å²) in [6.07, 6.45) is -0.312. The molecule has 0 saturated heterocycles. The number of anilines is 1. The molecular formula is C22H25N5O4S. The van der Waals surface area contributed by atoms with E-state index in [-0.39, 0.29) is 23.5 Å². The van der Waals surface area contributed by atoms with Gasteiger partial charge in [-0.3, -0.25) is 14.9 Å². The normalized spacial score (nSPS) is 11.8. The topological polar surface area (TPSA) is 112 Å². The van der Waals surface area contributed by atoms with Gasteiger partial charge in [0, 0.05) is 24.4 Å². The van der Waals surface area contributed by atoms with Gasteiger partial charge < -0.3 is 14.6 Å². The lowest BCUT2D eigenvalue weighted by molar-refractivity contribution is -0.384. The van der Waals surface area contributed by atoms with Crippen molar-refractivity contribution in [3.63, 3.8) is 0 Å². The number of carbonyl (C=O) groups excluding carboxylic acids is 1. The highest BCUT2D eigenvalue weighted by molar-refractivity contribution is 7.99. The van der Waals surface area contributed by atoms with E-state index in [1.807, 2.05) is 43.5 Å². The number of non-ortho nitro benzene ring substituents is 1. The Kier molecular flexibility index (Phi) is 7.47. The first-order valence-corrected chi connectivity index (χ1v) is 11.1. The van der Waals surface area contributed by atoms with Gasteiger partial charge in [-0.2, -0.15) is 0 Å². The smallest absolute Gasteiger partial charge is 0.269 e. The number of nitrogens with one attached hydrogen (secondary N) is 1. The number of aromatic nitrogens is 3. The van der Waals surface area contributed by atoms with Gasteiger partial charge in [0.2, 0.25) is 5.91 Å². The second-order valence-electron chi connectivity index (χ2n) is 7.23. The molecule has 0 aliphatic heterocycles. The SMILES string of the molecule is CCn1c(SCC(=O)Nc2ccc([N+](=O)[O-])cc2)nnc1C(C)Oc1ccc(C)c(C)c1. The van der Waals surface area contributed by atoms with Crippen LogP contribution in [0.5, 0.6) is 5.75 Å². The van der Waals surface area contributed by atoms with Crippen molar-refractivity contribution < 1.29 is 14.5 Å². The average molecular weight is 456 g/mol. The summed E-state index contributed by atoms with van der Waals surface area (Å²) in [5, 5.41) is 22.6. The maximum absolute atomic E-state index is 12.3. The van der Waals surface area contributed by atoms with E-state index in [2.05, 4.69) is 22.4 Å². The largest absolute Gasteiger partial charge is 0.483 e. The van der Waals surface area contributed by atoms with E-state index in [0.717, 1.165) is 11.3 Å². The number of amides is 1. The Balaban J connectivity index is 1.61. The summed E-state index contributed by atoms with van der Waals surface area (Å²) >= 11 is 1.27. The molecule has 0 aliphatic rings. The summed E-state index contributed by atoms with van der Waals surface area (Å²) in [5.74, 6) is 1.34. The molecule has 1 atom stereocenters. The molecule has 2 aromatic carbocycles. The molecule has 1 amide bonds. The molecule has 1 heterocycles. The van der Waals surface area contributed by atoms with Crippen LogP contribution in [0.1, 0.15) is 36.9 Å². The van der Waals surface area contributed by atoms with Crippen molar-refractivity contribution in [2.75, 3.05) is 11.1 Å². The molecule has 0 fully saturated rings. The number of ether oxygens (including phenoxy) is 1. The molecule has 0 aliphatic carbocycles. The summed E-state index contributed by atoms with van der Waals surface area (Å²) in [7, 11) is 0. The molecule has 3 rings (SSSR count). The van der Waals surface area contributed by atoms with E-state index < -0.39 is 4.92 Å². The number of rotatable bonds is 9. The molecule has 32 heavy (non-hydrogen) atoms. The van der Waals surface area contributed by atoms with Gasteiger partial charge in [-0.15, -0.1) is 10.2 Å². The summed E-state index contributed by atoms with van der Waals surface area (Å²) in [4.78, 5) is 22.5. The molecule has 9 nitrogen and oxygen atoms in total. The number of hydrogen-bond acceptors (Lipinski definition) is 7. The van der Waals surface area contributed by atoms with Gasteiger partial charge in [-0.05, 0) is 63.1 Å². The zero-order valence-corrected chi connectivity index (χ0v) is 19.2. The fourth-order valence-corrected chi connectivity index (χ4v) is 3.85. The van der Waals surface area contributed by atoms with Gasteiger partial charge in [-0.1, -0.05) is 17.8 Å². The summed E-state index contributed by atoms with van der Waals surface area (Å²) in [6.45, 7) is 8.63. The van der Waals surface area contributed by atoms with Crippen molar-refractivity contribution in [1.82, 2.24) is 14.8 Å². The number of benzene rings is 2. The van der Waals surface area contributed by atoms with Gasteiger partial charge in [0.1, 0.15) is 5.75 Å². The second kappa shape index (κ2) is 10.3. The van der Waals surface area contributed by atoms with Gasteiger partial charge in [0.15, 0.2) is 17.1 Å². The van der Waals surface area contributed by atoms with Gasteiger partial charge in [-0.25, -0.2) is 0 Å². The molecule has 1 N–H and O–H groups in total. The lowest BCUT2D eigenvalue weighted by Gasteiger charge is -2.16. The van der Waals surface area contributed by atoms with Crippen LogP contribution in [0.2, 0.25) is 0 Å². The van der Waals surface area contributed by atoms with E-state index >= 15 is 0 Å². The Morgan fingerprint density at radius 3 is 2.53 bits per heavy atom. The van der Waals surface area contributed by atoms with Crippen molar-refractivity contribution in [2.45, 2.75) is 45.5 Å². The number of nitro benzene ring substituents is 1. The Morgan fingerprint density at radius 2 is 1.91 bits per heavy atom. The molecule has 0 bridgehead atoms. The molecule has 0 spiro atoms. The number of nitro groups is 1. The maximum Gasteiger partial charge on any atom is 0.269 e. The monoisotopic (exact) mass is 455 g/mol. The number of thioether (sulfide) groups is 1. The van der Waals surface area contributed by atoms with Gasteiger partial charge in [0.25, 0.3) is 5.69 Å². The molecule has 1 unspecified atom stereocenters. The molecule has 0 radical (unpaired) electrons. The van der Waals surface area contributed by atoms with E-state index in [9.17, 15) is 14.9 Å². The molecule has 3 aromatic rings. The fraction of sp³-hybridized carbons (Fsp3) is 0.318.